The van der Waals surface area contributed by atoms with Crippen molar-refractivity contribution < 1.29 is 0 Å². The quantitative estimate of drug-likeness (QED) is 0.830. The van der Waals surface area contributed by atoms with E-state index in [-0.39, 0.29) is 0 Å². The highest BCUT2D eigenvalue weighted by molar-refractivity contribution is 5.32. The molecule has 0 fully saturated rings. The van der Waals surface area contributed by atoms with Crippen molar-refractivity contribution in [2.24, 2.45) is 0 Å². The van der Waals surface area contributed by atoms with E-state index in [9.17, 15) is 0 Å². The molecule has 2 aromatic carbocycles. The van der Waals surface area contributed by atoms with Gasteiger partial charge in [-0.05, 0) is 30.3 Å². The fourth-order valence-electron chi connectivity index (χ4n) is 1.98. The van der Waals surface area contributed by atoms with Crippen molar-refractivity contribution in [2.75, 3.05) is 7.05 Å². The Bertz CT molecular complexity index is 558. The van der Waals surface area contributed by atoms with Gasteiger partial charge in [0.2, 0.25) is 0 Å². The standard InChI is InChI=1S/C16H17N3/c1-18-19(12-14-6-3-2-4-7-14)13-16-9-5-8-15(10-16)11-17/h2-10,18H,12-13H2,1H3. The van der Waals surface area contributed by atoms with Crippen LogP contribution in [0.5, 0.6) is 0 Å². The fraction of sp³-hybridized carbons (Fsp3) is 0.188. The Hall–Kier alpha value is -2.15. The second kappa shape index (κ2) is 6.69. The molecule has 0 bridgehead atoms. The zero-order chi connectivity index (χ0) is 13.5. The molecule has 0 amide bonds. The number of nitrogens with one attached hydrogen (secondary N) is 1. The van der Waals surface area contributed by atoms with Crippen LogP contribution in [-0.4, -0.2) is 12.1 Å². The van der Waals surface area contributed by atoms with E-state index >= 15 is 0 Å². The van der Waals surface area contributed by atoms with Crippen molar-refractivity contribution in [1.29, 1.82) is 5.26 Å². The van der Waals surface area contributed by atoms with Gasteiger partial charge in [0, 0.05) is 13.1 Å². The van der Waals surface area contributed by atoms with Crippen LogP contribution in [0.4, 0.5) is 0 Å². The molecule has 0 saturated heterocycles. The summed E-state index contributed by atoms with van der Waals surface area (Å²) >= 11 is 0. The maximum absolute atomic E-state index is 8.91. The minimum absolute atomic E-state index is 0.702. The lowest BCUT2D eigenvalue weighted by Crippen LogP contribution is -2.33. The van der Waals surface area contributed by atoms with Crippen molar-refractivity contribution in [1.82, 2.24) is 10.4 Å². The van der Waals surface area contributed by atoms with Crippen molar-refractivity contribution in [2.45, 2.75) is 13.1 Å². The van der Waals surface area contributed by atoms with Crippen LogP contribution in [0.1, 0.15) is 16.7 Å². The van der Waals surface area contributed by atoms with E-state index in [1.807, 2.05) is 49.5 Å². The molecular formula is C16H17N3. The molecule has 0 saturated carbocycles. The second-order valence-corrected chi connectivity index (χ2v) is 4.38. The Morgan fingerprint density at radius 1 is 1.00 bits per heavy atom. The average Bonchev–Trinajstić information content (AvgIpc) is 2.48. The summed E-state index contributed by atoms with van der Waals surface area (Å²) in [4.78, 5) is 0. The summed E-state index contributed by atoms with van der Waals surface area (Å²) in [6.45, 7) is 1.59. The van der Waals surface area contributed by atoms with Gasteiger partial charge in [0.1, 0.15) is 0 Å². The molecule has 2 aromatic rings. The fourth-order valence-corrected chi connectivity index (χ4v) is 1.98. The van der Waals surface area contributed by atoms with Crippen molar-refractivity contribution in [3.63, 3.8) is 0 Å². The Balaban J connectivity index is 2.05. The number of rotatable bonds is 5. The zero-order valence-electron chi connectivity index (χ0n) is 11.0. The molecule has 0 aromatic heterocycles. The lowest BCUT2D eigenvalue weighted by Gasteiger charge is -2.21. The minimum Gasteiger partial charge on any atom is -0.258 e. The maximum Gasteiger partial charge on any atom is 0.0991 e. The molecular weight excluding hydrogens is 234 g/mol. The third-order valence-corrected chi connectivity index (χ3v) is 2.96. The molecule has 0 aliphatic carbocycles. The number of hydrogen-bond acceptors (Lipinski definition) is 3. The van der Waals surface area contributed by atoms with Crippen LogP contribution < -0.4 is 5.43 Å². The van der Waals surface area contributed by atoms with Crippen LogP contribution in [0.15, 0.2) is 54.6 Å². The molecule has 19 heavy (non-hydrogen) atoms. The third kappa shape index (κ3) is 3.92. The van der Waals surface area contributed by atoms with Crippen molar-refractivity contribution in [3.05, 3.63) is 71.3 Å². The first-order valence-electron chi connectivity index (χ1n) is 6.27. The second-order valence-electron chi connectivity index (χ2n) is 4.38. The van der Waals surface area contributed by atoms with Gasteiger partial charge in [-0.25, -0.2) is 5.01 Å². The number of benzene rings is 2. The van der Waals surface area contributed by atoms with E-state index in [1.54, 1.807) is 0 Å². The van der Waals surface area contributed by atoms with Gasteiger partial charge in [-0.3, -0.25) is 5.43 Å². The molecule has 2 rings (SSSR count). The summed E-state index contributed by atoms with van der Waals surface area (Å²) in [5.74, 6) is 0. The minimum atomic E-state index is 0.702. The molecule has 0 aliphatic heterocycles. The predicted octanol–water partition coefficient (Wildman–Crippen LogP) is 2.69. The first-order valence-corrected chi connectivity index (χ1v) is 6.27. The highest BCUT2D eigenvalue weighted by atomic mass is 15.5. The van der Waals surface area contributed by atoms with E-state index in [4.69, 9.17) is 5.26 Å². The van der Waals surface area contributed by atoms with Gasteiger partial charge >= 0.3 is 0 Å². The van der Waals surface area contributed by atoms with Crippen LogP contribution in [0.3, 0.4) is 0 Å². The molecule has 0 spiro atoms. The third-order valence-electron chi connectivity index (χ3n) is 2.96. The van der Waals surface area contributed by atoms with Crippen molar-refractivity contribution >= 4 is 0 Å². The van der Waals surface area contributed by atoms with Crippen LogP contribution >= 0.6 is 0 Å². The smallest absolute Gasteiger partial charge is 0.0991 e. The van der Waals surface area contributed by atoms with E-state index in [1.165, 1.54) is 5.56 Å². The SMILES string of the molecule is CNN(Cc1ccccc1)Cc1cccc(C#N)c1. The van der Waals surface area contributed by atoms with Gasteiger partial charge in [0.05, 0.1) is 11.6 Å². The zero-order valence-corrected chi connectivity index (χ0v) is 11.0. The summed E-state index contributed by atoms with van der Waals surface area (Å²) in [6, 6.07) is 20.2. The molecule has 0 atom stereocenters. The first kappa shape index (κ1) is 13.3. The first-order chi connectivity index (χ1) is 9.31. The highest BCUT2D eigenvalue weighted by Gasteiger charge is 2.05. The molecule has 3 nitrogen and oxygen atoms in total. The summed E-state index contributed by atoms with van der Waals surface area (Å²) in [6.07, 6.45) is 0. The van der Waals surface area contributed by atoms with Gasteiger partial charge in [-0.2, -0.15) is 5.26 Å². The monoisotopic (exact) mass is 251 g/mol. The number of nitriles is 1. The molecule has 3 heteroatoms. The summed E-state index contributed by atoms with van der Waals surface area (Å²) in [7, 11) is 1.91. The van der Waals surface area contributed by atoms with Crippen LogP contribution in [-0.2, 0) is 13.1 Å². The Morgan fingerprint density at radius 3 is 2.37 bits per heavy atom. The predicted molar refractivity (Wildman–Crippen MR) is 75.9 cm³/mol. The Kier molecular flexibility index (Phi) is 4.68. The normalized spacial score (nSPS) is 10.4. The maximum atomic E-state index is 8.91. The molecule has 1 N–H and O–H groups in total. The summed E-state index contributed by atoms with van der Waals surface area (Å²) in [5.41, 5.74) is 6.28. The number of hydrazine groups is 1. The topological polar surface area (TPSA) is 39.1 Å². The van der Waals surface area contributed by atoms with Gasteiger partial charge < -0.3 is 0 Å². The summed E-state index contributed by atoms with van der Waals surface area (Å²) in [5, 5.41) is 11.0. The molecule has 0 radical (unpaired) electrons. The van der Waals surface area contributed by atoms with E-state index < -0.39 is 0 Å². The Labute approximate surface area is 114 Å². The van der Waals surface area contributed by atoms with Gasteiger partial charge in [0.25, 0.3) is 0 Å². The van der Waals surface area contributed by atoms with E-state index in [2.05, 4.69) is 28.6 Å². The molecule has 96 valence electrons. The van der Waals surface area contributed by atoms with Crippen LogP contribution in [0, 0.1) is 11.3 Å². The van der Waals surface area contributed by atoms with E-state index in [0.29, 0.717) is 5.56 Å². The average molecular weight is 251 g/mol. The lowest BCUT2D eigenvalue weighted by atomic mass is 10.1. The lowest BCUT2D eigenvalue weighted by molar-refractivity contribution is 0.188. The highest BCUT2D eigenvalue weighted by Crippen LogP contribution is 2.09. The summed E-state index contributed by atoms with van der Waals surface area (Å²) < 4.78 is 0. The van der Waals surface area contributed by atoms with Crippen LogP contribution in [0.25, 0.3) is 0 Å². The van der Waals surface area contributed by atoms with Gasteiger partial charge in [0.15, 0.2) is 0 Å². The number of nitrogens with zero attached hydrogens (tertiary/aromatic N) is 2. The van der Waals surface area contributed by atoms with E-state index in [0.717, 1.165) is 18.7 Å². The molecule has 0 unspecified atom stereocenters. The molecule has 0 aliphatic rings. The largest absolute Gasteiger partial charge is 0.258 e. The van der Waals surface area contributed by atoms with Gasteiger partial charge in [-0.1, -0.05) is 42.5 Å². The van der Waals surface area contributed by atoms with Gasteiger partial charge in [-0.15, -0.1) is 0 Å². The van der Waals surface area contributed by atoms with Crippen molar-refractivity contribution in [3.8, 4) is 6.07 Å². The Morgan fingerprint density at radius 2 is 1.68 bits per heavy atom. The van der Waals surface area contributed by atoms with Crippen LogP contribution in [0.2, 0.25) is 0 Å². The number of hydrogen-bond donors (Lipinski definition) is 1. The molecule has 0 heterocycles.